The van der Waals surface area contributed by atoms with Crippen LogP contribution >= 0.6 is 0 Å². The number of aryl methyl sites for hydroxylation is 1. The average Bonchev–Trinajstić information content (AvgIpc) is 2.46. The van der Waals surface area contributed by atoms with Crippen molar-refractivity contribution < 1.29 is 13.2 Å². The normalized spacial score (nSPS) is 21.4. The largest absolute Gasteiger partial charge is 0.374 e. The van der Waals surface area contributed by atoms with Crippen molar-refractivity contribution >= 4 is 10.0 Å². The van der Waals surface area contributed by atoms with Gasteiger partial charge in [-0.25, -0.2) is 8.42 Å². The minimum Gasteiger partial charge on any atom is -0.374 e. The fourth-order valence-electron chi connectivity index (χ4n) is 2.01. The Hall–Kier alpha value is -1.02. The van der Waals surface area contributed by atoms with Gasteiger partial charge in [0.25, 0.3) is 0 Å². The third-order valence-corrected chi connectivity index (χ3v) is 4.99. The molecule has 1 aliphatic rings. The maximum atomic E-state index is 12.2. The molecule has 0 aromatic carbocycles. The Morgan fingerprint density at radius 3 is 2.84 bits per heavy atom. The summed E-state index contributed by atoms with van der Waals surface area (Å²) in [5.74, 6) is 0.105. The number of aromatic nitrogens is 1. The van der Waals surface area contributed by atoms with Gasteiger partial charge in [0.1, 0.15) is 0 Å². The number of nitrogens with zero attached hydrogens (tertiary/aromatic N) is 2. The molecule has 0 amide bonds. The number of sulfonamides is 1. The fraction of sp³-hybridized carbons (Fsp3) is 0.583. The summed E-state index contributed by atoms with van der Waals surface area (Å²) in [6.07, 6.45) is 3.64. The van der Waals surface area contributed by atoms with Crippen LogP contribution in [-0.4, -0.2) is 55.8 Å². The second-order valence-corrected chi connectivity index (χ2v) is 6.60. The van der Waals surface area contributed by atoms with E-state index in [2.05, 4.69) is 4.98 Å². The zero-order valence-corrected chi connectivity index (χ0v) is 11.6. The van der Waals surface area contributed by atoms with Crippen LogP contribution in [-0.2, 0) is 21.2 Å². The lowest BCUT2D eigenvalue weighted by atomic mass is 10.2. The molecule has 2 rings (SSSR count). The van der Waals surface area contributed by atoms with E-state index >= 15 is 0 Å². The molecule has 1 atom stereocenters. The van der Waals surface area contributed by atoms with Crippen molar-refractivity contribution in [3.05, 3.63) is 30.1 Å². The van der Waals surface area contributed by atoms with Gasteiger partial charge in [0.05, 0.1) is 18.5 Å². The number of pyridine rings is 1. The van der Waals surface area contributed by atoms with Crippen molar-refractivity contribution in [1.82, 2.24) is 9.29 Å². The summed E-state index contributed by atoms with van der Waals surface area (Å²) in [7, 11) is -3.25. The summed E-state index contributed by atoms with van der Waals surface area (Å²) in [5.41, 5.74) is 6.49. The number of rotatable bonds is 5. The second-order valence-electron chi connectivity index (χ2n) is 4.51. The predicted octanol–water partition coefficient (Wildman–Crippen LogP) is -0.387. The van der Waals surface area contributed by atoms with Crippen molar-refractivity contribution in [1.29, 1.82) is 0 Å². The molecule has 106 valence electrons. The summed E-state index contributed by atoms with van der Waals surface area (Å²) < 4.78 is 31.3. The van der Waals surface area contributed by atoms with Crippen LogP contribution < -0.4 is 5.73 Å². The molecule has 1 aliphatic heterocycles. The standard InChI is InChI=1S/C12H19N3O3S/c13-9-12-10-15(6-7-18-12)19(16,17)8-3-11-1-4-14-5-2-11/h1-2,4-5,12H,3,6-10,13H2. The SMILES string of the molecule is NCC1CN(S(=O)(=O)CCc2ccncc2)CCO1. The molecule has 1 aromatic rings. The van der Waals surface area contributed by atoms with Crippen LogP contribution in [0.25, 0.3) is 0 Å². The van der Waals surface area contributed by atoms with Gasteiger partial charge in [-0.15, -0.1) is 0 Å². The Morgan fingerprint density at radius 2 is 2.16 bits per heavy atom. The molecule has 0 bridgehead atoms. The van der Waals surface area contributed by atoms with E-state index in [9.17, 15) is 8.42 Å². The maximum Gasteiger partial charge on any atom is 0.214 e. The molecule has 1 unspecified atom stereocenters. The van der Waals surface area contributed by atoms with Gasteiger partial charge in [-0.05, 0) is 24.1 Å². The average molecular weight is 285 g/mol. The smallest absolute Gasteiger partial charge is 0.214 e. The summed E-state index contributed by atoms with van der Waals surface area (Å²) >= 11 is 0. The molecule has 0 saturated carbocycles. The molecular weight excluding hydrogens is 266 g/mol. The highest BCUT2D eigenvalue weighted by Crippen LogP contribution is 2.11. The van der Waals surface area contributed by atoms with Crippen LogP contribution in [0.4, 0.5) is 0 Å². The fourth-order valence-corrected chi connectivity index (χ4v) is 3.51. The van der Waals surface area contributed by atoms with E-state index in [4.69, 9.17) is 10.5 Å². The molecule has 7 heteroatoms. The first-order valence-electron chi connectivity index (χ1n) is 6.30. The van der Waals surface area contributed by atoms with Gasteiger partial charge < -0.3 is 10.5 Å². The van der Waals surface area contributed by atoms with Gasteiger partial charge in [0, 0.05) is 32.0 Å². The van der Waals surface area contributed by atoms with Crippen LogP contribution in [0.3, 0.4) is 0 Å². The van der Waals surface area contributed by atoms with E-state index in [1.165, 1.54) is 4.31 Å². The van der Waals surface area contributed by atoms with E-state index < -0.39 is 10.0 Å². The monoisotopic (exact) mass is 285 g/mol. The zero-order chi connectivity index (χ0) is 13.7. The van der Waals surface area contributed by atoms with Crippen molar-refractivity contribution in [2.24, 2.45) is 5.73 Å². The summed E-state index contributed by atoms with van der Waals surface area (Å²) in [4.78, 5) is 3.91. The van der Waals surface area contributed by atoms with E-state index in [1.807, 2.05) is 12.1 Å². The van der Waals surface area contributed by atoms with E-state index in [-0.39, 0.29) is 11.9 Å². The van der Waals surface area contributed by atoms with E-state index in [0.29, 0.717) is 32.7 Å². The molecule has 1 saturated heterocycles. The summed E-state index contributed by atoms with van der Waals surface area (Å²) in [6.45, 7) is 1.52. The Bertz CT molecular complexity index is 492. The summed E-state index contributed by atoms with van der Waals surface area (Å²) in [6, 6.07) is 3.66. The Balaban J connectivity index is 1.94. The van der Waals surface area contributed by atoms with Crippen molar-refractivity contribution in [3.8, 4) is 0 Å². The molecule has 2 heterocycles. The number of nitrogens with two attached hydrogens (primary N) is 1. The van der Waals surface area contributed by atoms with Gasteiger partial charge in [-0.2, -0.15) is 4.31 Å². The third kappa shape index (κ3) is 3.97. The molecule has 19 heavy (non-hydrogen) atoms. The van der Waals surface area contributed by atoms with Crippen molar-refractivity contribution in [2.75, 3.05) is 32.0 Å². The number of ether oxygens (including phenoxy) is 1. The van der Waals surface area contributed by atoms with Gasteiger partial charge >= 0.3 is 0 Å². The van der Waals surface area contributed by atoms with Crippen molar-refractivity contribution in [2.45, 2.75) is 12.5 Å². The number of morpholine rings is 1. The first-order chi connectivity index (χ1) is 9.12. The van der Waals surface area contributed by atoms with Gasteiger partial charge in [-0.1, -0.05) is 0 Å². The molecule has 0 aliphatic carbocycles. The molecule has 2 N–H and O–H groups in total. The predicted molar refractivity (Wildman–Crippen MR) is 72.1 cm³/mol. The molecule has 1 aromatic heterocycles. The Morgan fingerprint density at radius 1 is 1.42 bits per heavy atom. The number of hydrogen-bond acceptors (Lipinski definition) is 5. The van der Waals surface area contributed by atoms with E-state index in [0.717, 1.165) is 5.56 Å². The molecular formula is C12H19N3O3S. The lowest BCUT2D eigenvalue weighted by molar-refractivity contribution is 0.00453. The van der Waals surface area contributed by atoms with Gasteiger partial charge in [0.2, 0.25) is 10.0 Å². The zero-order valence-electron chi connectivity index (χ0n) is 10.7. The van der Waals surface area contributed by atoms with Crippen molar-refractivity contribution in [3.63, 3.8) is 0 Å². The van der Waals surface area contributed by atoms with Crippen LogP contribution in [0.15, 0.2) is 24.5 Å². The highest BCUT2D eigenvalue weighted by atomic mass is 32.2. The first kappa shape index (κ1) is 14.4. The molecule has 1 fully saturated rings. The lowest BCUT2D eigenvalue weighted by Gasteiger charge is -2.31. The number of hydrogen-bond donors (Lipinski definition) is 1. The lowest BCUT2D eigenvalue weighted by Crippen LogP contribution is -2.48. The third-order valence-electron chi connectivity index (χ3n) is 3.16. The van der Waals surface area contributed by atoms with Crippen LogP contribution in [0, 0.1) is 0 Å². The van der Waals surface area contributed by atoms with E-state index in [1.54, 1.807) is 12.4 Å². The molecule has 0 spiro atoms. The maximum absolute atomic E-state index is 12.2. The van der Waals surface area contributed by atoms with Crippen LogP contribution in [0.1, 0.15) is 5.56 Å². The minimum atomic E-state index is -3.25. The Kier molecular flexibility index (Phi) is 4.87. The second kappa shape index (κ2) is 6.42. The molecule has 6 nitrogen and oxygen atoms in total. The van der Waals surface area contributed by atoms with Crippen LogP contribution in [0.2, 0.25) is 0 Å². The highest BCUT2D eigenvalue weighted by molar-refractivity contribution is 7.89. The highest BCUT2D eigenvalue weighted by Gasteiger charge is 2.28. The van der Waals surface area contributed by atoms with Gasteiger partial charge in [0.15, 0.2) is 0 Å². The minimum absolute atomic E-state index is 0.105. The van der Waals surface area contributed by atoms with Crippen LogP contribution in [0.5, 0.6) is 0 Å². The van der Waals surface area contributed by atoms with Gasteiger partial charge in [-0.3, -0.25) is 4.98 Å². The quantitative estimate of drug-likeness (QED) is 0.796. The topological polar surface area (TPSA) is 85.5 Å². The first-order valence-corrected chi connectivity index (χ1v) is 7.91. The summed E-state index contributed by atoms with van der Waals surface area (Å²) in [5, 5.41) is 0. The Labute approximate surface area is 113 Å². The molecule has 0 radical (unpaired) electrons.